The Hall–Kier alpha value is -6.38. The van der Waals surface area contributed by atoms with E-state index in [-0.39, 0.29) is 0 Å². The average Bonchev–Trinajstić information content (AvgIpc) is 3.30. The van der Waals surface area contributed by atoms with Crippen molar-refractivity contribution in [2.24, 2.45) is 0 Å². The summed E-state index contributed by atoms with van der Waals surface area (Å²) in [6, 6.07) is 66.8. The van der Waals surface area contributed by atoms with Gasteiger partial charge in [-0.25, -0.2) is 0 Å². The molecule has 226 valence electrons. The number of hydrogen-bond donors (Lipinski definition) is 0. The molecule has 0 bridgehead atoms. The highest BCUT2D eigenvalue weighted by atomic mass is 16.5. The molecule has 48 heavy (non-hydrogen) atoms. The van der Waals surface area contributed by atoms with Gasteiger partial charge in [-0.15, -0.1) is 0 Å². The average molecular weight is 614 g/mol. The second-order valence-electron chi connectivity index (χ2n) is 12.2. The molecule has 0 amide bonds. The van der Waals surface area contributed by atoms with Gasteiger partial charge in [-0.3, -0.25) is 0 Å². The molecule has 8 aromatic carbocycles. The molecule has 0 aliphatic carbocycles. The fourth-order valence-corrected chi connectivity index (χ4v) is 6.86. The van der Waals surface area contributed by atoms with Crippen LogP contribution < -0.4 is 9.64 Å². The molecule has 0 radical (unpaired) electrons. The first-order valence-electron chi connectivity index (χ1n) is 16.3. The van der Waals surface area contributed by atoms with Crippen LogP contribution in [0.25, 0.3) is 55.3 Å². The highest BCUT2D eigenvalue weighted by molar-refractivity contribution is 5.94. The summed E-state index contributed by atoms with van der Waals surface area (Å²) in [5, 5.41) is 2.41. The molecular weight excluding hydrogens is 583 g/mol. The first-order valence-corrected chi connectivity index (χ1v) is 16.3. The van der Waals surface area contributed by atoms with E-state index in [1.165, 1.54) is 38.6 Å². The number of fused-ring (bicyclic) bond motifs is 6. The Morgan fingerprint density at radius 1 is 0.292 bits per heavy atom. The van der Waals surface area contributed by atoms with Crippen molar-refractivity contribution < 1.29 is 4.74 Å². The van der Waals surface area contributed by atoms with Crippen LogP contribution in [0.1, 0.15) is 0 Å². The second-order valence-corrected chi connectivity index (χ2v) is 12.2. The van der Waals surface area contributed by atoms with Crippen molar-refractivity contribution in [1.29, 1.82) is 0 Å². The fourth-order valence-electron chi connectivity index (χ4n) is 6.86. The maximum atomic E-state index is 6.86. The number of ether oxygens (including phenoxy) is 1. The zero-order chi connectivity index (χ0) is 31.9. The molecule has 1 heterocycles. The topological polar surface area (TPSA) is 12.5 Å². The summed E-state index contributed by atoms with van der Waals surface area (Å²) in [4.78, 5) is 2.32. The maximum absolute atomic E-state index is 6.86. The summed E-state index contributed by atoms with van der Waals surface area (Å²) in [5.74, 6) is 1.68. The standard InChI is InChI=1S/C46H31NO/c1-3-11-32(12-4-1)35-19-23-38(24-20-35)47(39-25-21-34-15-7-8-16-36(34)29-39)40-26-27-43-41-17-9-10-18-42(41)44-30-37(33-13-5-2-6-14-33)22-28-45(44)48-46(43)31-40/h1-31H. The van der Waals surface area contributed by atoms with E-state index in [1.54, 1.807) is 0 Å². The van der Waals surface area contributed by atoms with Crippen LogP contribution in [0.5, 0.6) is 11.5 Å². The summed E-state index contributed by atoms with van der Waals surface area (Å²) in [5.41, 5.74) is 12.4. The normalized spacial score (nSPS) is 11.5. The summed E-state index contributed by atoms with van der Waals surface area (Å²) in [6.45, 7) is 0. The number of rotatable bonds is 5. The monoisotopic (exact) mass is 613 g/mol. The maximum Gasteiger partial charge on any atom is 0.137 e. The Morgan fingerprint density at radius 3 is 1.58 bits per heavy atom. The van der Waals surface area contributed by atoms with Crippen LogP contribution in [-0.4, -0.2) is 0 Å². The molecule has 9 rings (SSSR count). The van der Waals surface area contributed by atoms with E-state index < -0.39 is 0 Å². The van der Waals surface area contributed by atoms with Gasteiger partial charge in [0.05, 0.1) is 0 Å². The van der Waals surface area contributed by atoms with E-state index in [4.69, 9.17) is 4.74 Å². The van der Waals surface area contributed by atoms with Crippen molar-refractivity contribution in [3.8, 4) is 56.0 Å². The quantitative estimate of drug-likeness (QED) is 0.191. The van der Waals surface area contributed by atoms with E-state index >= 15 is 0 Å². The van der Waals surface area contributed by atoms with E-state index in [0.717, 1.165) is 45.3 Å². The molecule has 0 saturated heterocycles. The van der Waals surface area contributed by atoms with Crippen LogP contribution in [0, 0.1) is 0 Å². The molecule has 0 aromatic heterocycles. The molecule has 0 saturated carbocycles. The third-order valence-corrected chi connectivity index (χ3v) is 9.26. The molecule has 2 heteroatoms. The fraction of sp³-hybridized carbons (Fsp3) is 0. The van der Waals surface area contributed by atoms with Crippen LogP contribution in [0.4, 0.5) is 17.1 Å². The van der Waals surface area contributed by atoms with Gasteiger partial charge in [0, 0.05) is 34.3 Å². The molecule has 0 spiro atoms. The third-order valence-electron chi connectivity index (χ3n) is 9.26. The van der Waals surface area contributed by atoms with Crippen molar-refractivity contribution in [3.05, 3.63) is 188 Å². The lowest BCUT2D eigenvalue weighted by molar-refractivity contribution is 0.488. The van der Waals surface area contributed by atoms with Crippen molar-refractivity contribution >= 4 is 27.8 Å². The Bertz CT molecular complexity index is 2410. The van der Waals surface area contributed by atoms with Crippen LogP contribution in [-0.2, 0) is 0 Å². The van der Waals surface area contributed by atoms with Gasteiger partial charge >= 0.3 is 0 Å². The van der Waals surface area contributed by atoms with E-state index in [0.29, 0.717) is 0 Å². The lowest BCUT2D eigenvalue weighted by Crippen LogP contribution is -2.10. The third kappa shape index (κ3) is 5.01. The largest absolute Gasteiger partial charge is 0.456 e. The first kappa shape index (κ1) is 27.9. The number of nitrogens with zero attached hydrogens (tertiary/aromatic N) is 1. The molecule has 1 aliphatic heterocycles. The van der Waals surface area contributed by atoms with Gasteiger partial charge < -0.3 is 9.64 Å². The predicted molar refractivity (Wildman–Crippen MR) is 200 cm³/mol. The molecule has 0 fully saturated rings. The Kier molecular flexibility index (Phi) is 6.84. The summed E-state index contributed by atoms with van der Waals surface area (Å²) in [6.07, 6.45) is 0. The van der Waals surface area contributed by atoms with E-state index in [1.807, 2.05) is 0 Å². The van der Waals surface area contributed by atoms with Crippen LogP contribution in [0.2, 0.25) is 0 Å². The minimum absolute atomic E-state index is 0.831. The summed E-state index contributed by atoms with van der Waals surface area (Å²) in [7, 11) is 0. The van der Waals surface area contributed by atoms with Gasteiger partial charge in [0.2, 0.25) is 0 Å². The van der Waals surface area contributed by atoms with Crippen molar-refractivity contribution in [3.63, 3.8) is 0 Å². The Labute approximate surface area is 280 Å². The number of anilines is 3. The van der Waals surface area contributed by atoms with Crippen LogP contribution in [0.15, 0.2) is 188 Å². The number of hydrogen-bond acceptors (Lipinski definition) is 2. The molecule has 2 nitrogen and oxygen atoms in total. The van der Waals surface area contributed by atoms with Crippen molar-refractivity contribution in [1.82, 2.24) is 0 Å². The highest BCUT2D eigenvalue weighted by Crippen LogP contribution is 2.49. The smallest absolute Gasteiger partial charge is 0.137 e. The van der Waals surface area contributed by atoms with Crippen LogP contribution in [0.3, 0.4) is 0 Å². The van der Waals surface area contributed by atoms with Crippen molar-refractivity contribution in [2.75, 3.05) is 4.90 Å². The molecule has 8 aromatic rings. The SMILES string of the molecule is c1ccc(-c2ccc(N(c3ccc4c(c3)Oc3ccc(-c5ccccc5)cc3-c3ccccc3-4)c3ccc4ccccc4c3)cc2)cc1. The van der Waals surface area contributed by atoms with E-state index in [2.05, 4.69) is 193 Å². The Balaban J connectivity index is 1.19. The predicted octanol–water partition coefficient (Wildman–Crippen LogP) is 13.1. The minimum atomic E-state index is 0.831. The summed E-state index contributed by atoms with van der Waals surface area (Å²) >= 11 is 0. The summed E-state index contributed by atoms with van der Waals surface area (Å²) < 4.78 is 6.86. The number of benzene rings is 8. The molecule has 0 atom stereocenters. The zero-order valence-electron chi connectivity index (χ0n) is 26.3. The van der Waals surface area contributed by atoms with E-state index in [9.17, 15) is 0 Å². The van der Waals surface area contributed by atoms with Gasteiger partial charge in [-0.05, 0) is 92.7 Å². The Morgan fingerprint density at radius 2 is 0.833 bits per heavy atom. The van der Waals surface area contributed by atoms with Gasteiger partial charge in [0.15, 0.2) is 0 Å². The second kappa shape index (κ2) is 11.8. The van der Waals surface area contributed by atoms with Crippen molar-refractivity contribution in [2.45, 2.75) is 0 Å². The lowest BCUT2D eigenvalue weighted by atomic mass is 9.92. The van der Waals surface area contributed by atoms with Gasteiger partial charge in [-0.1, -0.05) is 133 Å². The van der Waals surface area contributed by atoms with Gasteiger partial charge in [0.25, 0.3) is 0 Å². The van der Waals surface area contributed by atoms with Gasteiger partial charge in [0.1, 0.15) is 11.5 Å². The zero-order valence-corrected chi connectivity index (χ0v) is 26.3. The highest BCUT2D eigenvalue weighted by Gasteiger charge is 2.23. The molecule has 0 N–H and O–H groups in total. The minimum Gasteiger partial charge on any atom is -0.456 e. The lowest BCUT2D eigenvalue weighted by Gasteiger charge is -2.27. The molecule has 0 unspecified atom stereocenters. The molecular formula is C46H31NO. The van der Waals surface area contributed by atoms with Gasteiger partial charge in [-0.2, -0.15) is 0 Å². The van der Waals surface area contributed by atoms with Crippen LogP contribution >= 0.6 is 0 Å². The first-order chi connectivity index (χ1) is 23.8. The molecule has 1 aliphatic rings.